The van der Waals surface area contributed by atoms with Crippen molar-refractivity contribution in [1.29, 1.82) is 0 Å². The predicted molar refractivity (Wildman–Crippen MR) is 311 cm³/mol. The molecule has 0 atom stereocenters. The molecule has 2 spiro atoms. The average molecular weight is 952 g/mol. The van der Waals surface area contributed by atoms with Crippen molar-refractivity contribution in [2.75, 3.05) is 4.90 Å². The van der Waals surface area contributed by atoms with Gasteiger partial charge in [-0.2, -0.15) is 0 Å². The first-order chi connectivity index (χ1) is 37.2. The fraction of sp³-hybridized carbons (Fsp3) is 0.0270. The first-order valence-corrected chi connectivity index (χ1v) is 26.2. The summed E-state index contributed by atoms with van der Waals surface area (Å²) in [5.41, 5.74) is 27.6. The third kappa shape index (κ3) is 6.25. The van der Waals surface area contributed by atoms with Gasteiger partial charge in [0.15, 0.2) is 0 Å². The van der Waals surface area contributed by atoms with Crippen LogP contribution in [0.1, 0.15) is 44.5 Å². The molecule has 0 N–H and O–H groups in total. The summed E-state index contributed by atoms with van der Waals surface area (Å²) in [5, 5.41) is 0. The van der Waals surface area contributed by atoms with E-state index in [-0.39, 0.29) is 0 Å². The average Bonchev–Trinajstić information content (AvgIpc) is 4.21. The van der Waals surface area contributed by atoms with E-state index in [4.69, 9.17) is 0 Å². The molecule has 15 rings (SSSR count). The number of fused-ring (bicyclic) bond motifs is 16. The van der Waals surface area contributed by atoms with Crippen LogP contribution in [0.4, 0.5) is 17.1 Å². The van der Waals surface area contributed by atoms with Crippen LogP contribution in [0.15, 0.2) is 297 Å². The van der Waals surface area contributed by atoms with Crippen molar-refractivity contribution in [3.8, 4) is 66.8 Å². The van der Waals surface area contributed by atoms with Crippen LogP contribution in [0.3, 0.4) is 0 Å². The molecule has 75 heavy (non-hydrogen) atoms. The Kier molecular flexibility index (Phi) is 9.77. The van der Waals surface area contributed by atoms with Crippen molar-refractivity contribution < 1.29 is 0 Å². The summed E-state index contributed by atoms with van der Waals surface area (Å²) in [7, 11) is 0. The highest BCUT2D eigenvalue weighted by Crippen LogP contribution is 2.68. The minimum Gasteiger partial charge on any atom is -0.310 e. The third-order valence-corrected chi connectivity index (χ3v) is 16.6. The minimum atomic E-state index is -0.593. The van der Waals surface area contributed by atoms with Crippen molar-refractivity contribution in [3.63, 3.8) is 0 Å². The van der Waals surface area contributed by atoms with E-state index in [0.717, 1.165) is 17.1 Å². The molecule has 3 aliphatic rings. The lowest BCUT2D eigenvalue weighted by molar-refractivity contribution is 0.633. The molecule has 3 aliphatic carbocycles. The molecule has 0 aliphatic heterocycles. The smallest absolute Gasteiger partial charge is 0.0720 e. The Labute approximate surface area is 439 Å². The van der Waals surface area contributed by atoms with Gasteiger partial charge >= 0.3 is 0 Å². The van der Waals surface area contributed by atoms with Crippen molar-refractivity contribution in [2.24, 2.45) is 0 Å². The van der Waals surface area contributed by atoms with Crippen molar-refractivity contribution >= 4 is 17.1 Å². The standard InChI is InChI=1S/C74H49N/c1-3-20-50(21-4-1)52-38-40-53(41-39-52)55-44-48-57(49-45-55)75(56-46-42-54(43-47-56)51-22-5-2-6-23-51)71-37-18-10-26-60(71)61-28-19-36-70-72(61)62-27-9-13-31-65(62)74(70)68-34-16-14-32-66(68)73(67-33-15-17-35-69(67)74)63-29-11-7-24-58(63)59-25-8-12-30-64(59)73/h1-49H. The van der Waals surface area contributed by atoms with E-state index in [1.54, 1.807) is 0 Å². The molecule has 0 fully saturated rings. The van der Waals surface area contributed by atoms with Gasteiger partial charge in [0.1, 0.15) is 0 Å². The fourth-order valence-electron chi connectivity index (χ4n) is 13.6. The molecule has 12 aromatic rings. The second-order valence-electron chi connectivity index (χ2n) is 20.2. The van der Waals surface area contributed by atoms with E-state index < -0.39 is 10.8 Å². The van der Waals surface area contributed by atoms with Gasteiger partial charge in [-0.3, -0.25) is 0 Å². The third-order valence-electron chi connectivity index (χ3n) is 16.6. The lowest BCUT2D eigenvalue weighted by Gasteiger charge is -2.48. The lowest BCUT2D eigenvalue weighted by Crippen LogP contribution is -2.43. The Morgan fingerprint density at radius 2 is 0.480 bits per heavy atom. The van der Waals surface area contributed by atoms with E-state index in [1.165, 1.54) is 111 Å². The molecule has 0 radical (unpaired) electrons. The number of nitrogens with zero attached hydrogens (tertiary/aromatic N) is 1. The maximum absolute atomic E-state index is 2.45. The van der Waals surface area contributed by atoms with Crippen LogP contribution < -0.4 is 4.90 Å². The second-order valence-corrected chi connectivity index (χ2v) is 20.2. The molecule has 0 amide bonds. The number of para-hydroxylation sites is 1. The lowest BCUT2D eigenvalue weighted by atomic mass is 9.52. The molecule has 0 heterocycles. The molecule has 0 bridgehead atoms. The van der Waals surface area contributed by atoms with Gasteiger partial charge in [0.2, 0.25) is 0 Å². The van der Waals surface area contributed by atoms with Crippen LogP contribution in [0.5, 0.6) is 0 Å². The Morgan fingerprint density at radius 1 is 0.187 bits per heavy atom. The van der Waals surface area contributed by atoms with Gasteiger partial charge in [-0.1, -0.05) is 267 Å². The van der Waals surface area contributed by atoms with Crippen molar-refractivity contribution in [1.82, 2.24) is 0 Å². The van der Waals surface area contributed by atoms with Crippen LogP contribution >= 0.6 is 0 Å². The van der Waals surface area contributed by atoms with Crippen LogP contribution in [-0.4, -0.2) is 0 Å². The number of rotatable bonds is 7. The highest BCUT2D eigenvalue weighted by Gasteiger charge is 2.59. The summed E-state index contributed by atoms with van der Waals surface area (Å²) < 4.78 is 0. The van der Waals surface area contributed by atoms with Crippen LogP contribution in [0, 0.1) is 0 Å². The summed E-state index contributed by atoms with van der Waals surface area (Å²) in [6.07, 6.45) is 0. The van der Waals surface area contributed by atoms with Crippen molar-refractivity contribution in [2.45, 2.75) is 10.8 Å². The van der Waals surface area contributed by atoms with E-state index in [9.17, 15) is 0 Å². The van der Waals surface area contributed by atoms with Crippen LogP contribution in [0.2, 0.25) is 0 Å². The molecular weight excluding hydrogens is 903 g/mol. The van der Waals surface area contributed by atoms with E-state index >= 15 is 0 Å². The zero-order valence-electron chi connectivity index (χ0n) is 41.2. The number of benzene rings is 12. The normalized spacial score (nSPS) is 13.5. The Bertz CT molecular complexity index is 4060. The largest absolute Gasteiger partial charge is 0.310 e. The maximum Gasteiger partial charge on any atom is 0.0720 e. The minimum absolute atomic E-state index is 0.495. The second kappa shape index (κ2) is 17.0. The molecular formula is C74H49N. The molecule has 0 saturated carbocycles. The Balaban J connectivity index is 0.928. The summed E-state index contributed by atoms with van der Waals surface area (Å²) in [4.78, 5) is 2.45. The number of anilines is 3. The topological polar surface area (TPSA) is 3.24 Å². The van der Waals surface area contributed by atoms with Gasteiger partial charge in [-0.05, 0) is 136 Å². The molecule has 1 nitrogen and oxygen atoms in total. The summed E-state index contributed by atoms with van der Waals surface area (Å²) in [6, 6.07) is 111. The summed E-state index contributed by atoms with van der Waals surface area (Å²) >= 11 is 0. The van der Waals surface area contributed by atoms with Gasteiger partial charge in [-0.15, -0.1) is 0 Å². The molecule has 12 aromatic carbocycles. The predicted octanol–water partition coefficient (Wildman–Crippen LogP) is 18.9. The zero-order chi connectivity index (χ0) is 49.5. The van der Waals surface area contributed by atoms with Gasteiger partial charge in [0.25, 0.3) is 0 Å². The molecule has 0 unspecified atom stereocenters. The van der Waals surface area contributed by atoms with Crippen LogP contribution in [0.25, 0.3) is 66.8 Å². The monoisotopic (exact) mass is 951 g/mol. The Hall–Kier alpha value is -9.56. The highest BCUT2D eigenvalue weighted by atomic mass is 15.1. The molecule has 350 valence electrons. The van der Waals surface area contributed by atoms with E-state index in [2.05, 4.69) is 302 Å². The quantitative estimate of drug-likeness (QED) is 0.154. The van der Waals surface area contributed by atoms with E-state index in [0.29, 0.717) is 0 Å². The maximum atomic E-state index is 2.45. The summed E-state index contributed by atoms with van der Waals surface area (Å²) in [6.45, 7) is 0. The number of hydrogen-bond acceptors (Lipinski definition) is 1. The zero-order valence-corrected chi connectivity index (χ0v) is 41.2. The molecule has 1 heteroatoms. The molecule has 0 aromatic heterocycles. The van der Waals surface area contributed by atoms with Gasteiger partial charge < -0.3 is 4.90 Å². The molecule has 0 saturated heterocycles. The van der Waals surface area contributed by atoms with Gasteiger partial charge in [0.05, 0.1) is 16.5 Å². The number of hydrogen-bond donors (Lipinski definition) is 0. The highest BCUT2D eigenvalue weighted by molar-refractivity contribution is 6.01. The summed E-state index contributed by atoms with van der Waals surface area (Å²) in [5.74, 6) is 0. The van der Waals surface area contributed by atoms with Gasteiger partial charge in [-0.25, -0.2) is 0 Å². The van der Waals surface area contributed by atoms with Crippen LogP contribution in [-0.2, 0) is 10.8 Å². The van der Waals surface area contributed by atoms with Crippen molar-refractivity contribution in [3.05, 3.63) is 342 Å². The Morgan fingerprint density at radius 3 is 0.933 bits per heavy atom. The first-order valence-electron chi connectivity index (χ1n) is 26.2. The SMILES string of the molecule is c1ccc(-c2ccc(-c3ccc(N(c4ccc(-c5ccccc5)cc4)c4ccccc4-c4cccc5c4-c4ccccc4C54c5ccccc5C5(c6ccccc6-c6ccccc65)c5ccccc54)cc3)cc2)cc1. The van der Waals surface area contributed by atoms with Gasteiger partial charge in [0, 0.05) is 16.9 Å². The fourth-order valence-corrected chi connectivity index (χ4v) is 13.6. The van der Waals surface area contributed by atoms with E-state index in [1.807, 2.05) is 0 Å². The first kappa shape index (κ1) is 43.1.